The highest BCUT2D eigenvalue weighted by atomic mass is 32.2. The summed E-state index contributed by atoms with van der Waals surface area (Å²) >= 11 is 2.11. The van der Waals surface area contributed by atoms with Gasteiger partial charge in [0, 0.05) is 0 Å². The molecule has 0 saturated carbocycles. The molecule has 0 aliphatic carbocycles. The molecule has 86 valence electrons. The van der Waals surface area contributed by atoms with Gasteiger partial charge in [0.25, 0.3) is 0 Å². The molecule has 14 heavy (non-hydrogen) atoms. The van der Waals surface area contributed by atoms with E-state index in [1.165, 1.54) is 17.9 Å². The van der Waals surface area contributed by atoms with Crippen LogP contribution in [0.1, 0.15) is 54.9 Å². The summed E-state index contributed by atoms with van der Waals surface area (Å²) in [4.78, 5) is 0. The fourth-order valence-electron chi connectivity index (χ4n) is 1.67. The van der Waals surface area contributed by atoms with Gasteiger partial charge in [0.05, 0.1) is 0 Å². The van der Waals surface area contributed by atoms with Gasteiger partial charge in [-0.25, -0.2) is 0 Å². The Labute approximate surface area is 95.2 Å². The highest BCUT2D eigenvalue weighted by Gasteiger charge is 2.16. The van der Waals surface area contributed by atoms with Crippen LogP contribution in [0.4, 0.5) is 0 Å². The maximum atomic E-state index is 2.38. The van der Waals surface area contributed by atoms with E-state index in [1.54, 1.807) is 0 Å². The Bertz CT molecular complexity index is 148. The molecular weight excluding hydrogens is 188 g/mol. The van der Waals surface area contributed by atoms with Crippen molar-refractivity contribution < 1.29 is 0 Å². The number of thioether (sulfide) groups is 1. The van der Waals surface area contributed by atoms with Gasteiger partial charge in [-0.2, -0.15) is 11.8 Å². The fourth-order valence-corrected chi connectivity index (χ4v) is 2.92. The number of hydrogen-bond donors (Lipinski definition) is 0. The molecule has 0 rings (SSSR count). The van der Waals surface area contributed by atoms with Crippen molar-refractivity contribution in [2.75, 3.05) is 11.5 Å². The molecule has 0 nitrogen and oxygen atoms in total. The van der Waals surface area contributed by atoms with Gasteiger partial charge in [-0.05, 0) is 34.7 Å². The van der Waals surface area contributed by atoms with Gasteiger partial charge in [-0.3, -0.25) is 0 Å². The summed E-state index contributed by atoms with van der Waals surface area (Å²) in [6, 6.07) is 0. The first kappa shape index (κ1) is 14.3. The van der Waals surface area contributed by atoms with Gasteiger partial charge in [0.2, 0.25) is 0 Å². The first-order valence-corrected chi connectivity index (χ1v) is 6.83. The number of rotatable bonds is 4. The summed E-state index contributed by atoms with van der Waals surface area (Å²) < 4.78 is 0. The lowest BCUT2D eigenvalue weighted by Crippen LogP contribution is -2.14. The smallest absolute Gasteiger partial charge is 0.00186 e. The van der Waals surface area contributed by atoms with Crippen LogP contribution in [-0.4, -0.2) is 11.5 Å². The molecule has 1 heteroatoms. The molecular formula is C13H28S. The molecule has 0 aromatic carbocycles. The van der Waals surface area contributed by atoms with E-state index >= 15 is 0 Å². The normalized spacial score (nSPS) is 15.6. The summed E-state index contributed by atoms with van der Waals surface area (Å²) in [7, 11) is 0. The lowest BCUT2D eigenvalue weighted by molar-refractivity contribution is 0.323. The molecule has 0 bridgehead atoms. The van der Waals surface area contributed by atoms with Crippen molar-refractivity contribution in [1.82, 2.24) is 0 Å². The highest BCUT2D eigenvalue weighted by Crippen LogP contribution is 2.28. The van der Waals surface area contributed by atoms with Gasteiger partial charge in [0.15, 0.2) is 0 Å². The molecule has 0 fully saturated rings. The van der Waals surface area contributed by atoms with Gasteiger partial charge >= 0.3 is 0 Å². The standard InChI is InChI=1S/C13H28S/c1-11(8-12(2,3)4)9-14-10-13(5,6)7/h11H,8-10H2,1-7H3. The van der Waals surface area contributed by atoms with Crippen LogP contribution in [0.5, 0.6) is 0 Å². The molecule has 0 N–H and O–H groups in total. The predicted molar refractivity (Wildman–Crippen MR) is 70.0 cm³/mol. The maximum Gasteiger partial charge on any atom is -0.00186 e. The molecule has 0 aliphatic rings. The second kappa shape index (κ2) is 5.44. The Morgan fingerprint density at radius 3 is 1.79 bits per heavy atom. The number of hydrogen-bond acceptors (Lipinski definition) is 1. The van der Waals surface area contributed by atoms with Crippen molar-refractivity contribution in [2.45, 2.75) is 54.9 Å². The quantitative estimate of drug-likeness (QED) is 0.648. The largest absolute Gasteiger partial charge is 0.161 e. The third kappa shape index (κ3) is 10.4. The van der Waals surface area contributed by atoms with Crippen molar-refractivity contribution in [3.63, 3.8) is 0 Å². The van der Waals surface area contributed by atoms with Crippen LogP contribution in [0.2, 0.25) is 0 Å². The zero-order chi connectivity index (χ0) is 11.4. The fraction of sp³-hybridized carbons (Fsp3) is 1.00. The van der Waals surface area contributed by atoms with Gasteiger partial charge in [-0.1, -0.05) is 48.5 Å². The average molecular weight is 216 g/mol. The first-order chi connectivity index (χ1) is 6.10. The minimum atomic E-state index is 0.478. The van der Waals surface area contributed by atoms with E-state index in [2.05, 4.69) is 60.2 Å². The Balaban J connectivity index is 3.60. The van der Waals surface area contributed by atoms with Crippen molar-refractivity contribution in [1.29, 1.82) is 0 Å². The van der Waals surface area contributed by atoms with Crippen LogP contribution in [0, 0.1) is 16.7 Å². The molecule has 0 amide bonds. The summed E-state index contributed by atoms with van der Waals surface area (Å²) in [5.41, 5.74) is 0.966. The van der Waals surface area contributed by atoms with Crippen molar-refractivity contribution in [3.8, 4) is 0 Å². The van der Waals surface area contributed by atoms with Gasteiger partial charge in [0.1, 0.15) is 0 Å². The molecule has 0 saturated heterocycles. The molecule has 1 atom stereocenters. The molecule has 1 unspecified atom stereocenters. The molecule has 0 aliphatic heterocycles. The monoisotopic (exact) mass is 216 g/mol. The highest BCUT2D eigenvalue weighted by molar-refractivity contribution is 7.99. The molecule has 0 aromatic rings. The second-order valence-electron chi connectivity index (χ2n) is 6.95. The third-order valence-electron chi connectivity index (χ3n) is 1.90. The van der Waals surface area contributed by atoms with Crippen LogP contribution >= 0.6 is 11.8 Å². The Morgan fingerprint density at radius 1 is 0.929 bits per heavy atom. The van der Waals surface area contributed by atoms with Crippen LogP contribution in [0.25, 0.3) is 0 Å². The lowest BCUT2D eigenvalue weighted by Gasteiger charge is -2.24. The van der Waals surface area contributed by atoms with Crippen LogP contribution < -0.4 is 0 Å². The maximum absolute atomic E-state index is 2.38. The Morgan fingerprint density at radius 2 is 1.43 bits per heavy atom. The van der Waals surface area contributed by atoms with Crippen molar-refractivity contribution in [2.24, 2.45) is 16.7 Å². The summed E-state index contributed by atoms with van der Waals surface area (Å²) in [6.07, 6.45) is 1.34. The SMILES string of the molecule is CC(CSCC(C)(C)C)CC(C)(C)C. The first-order valence-electron chi connectivity index (χ1n) is 5.68. The molecule has 0 radical (unpaired) electrons. The van der Waals surface area contributed by atoms with Crippen molar-refractivity contribution in [3.05, 3.63) is 0 Å². The van der Waals surface area contributed by atoms with Crippen LogP contribution in [0.3, 0.4) is 0 Å². The summed E-state index contributed by atoms with van der Waals surface area (Å²) in [5.74, 6) is 3.44. The molecule has 0 spiro atoms. The van der Waals surface area contributed by atoms with Crippen molar-refractivity contribution >= 4 is 11.8 Å². The van der Waals surface area contributed by atoms with Gasteiger partial charge in [-0.15, -0.1) is 0 Å². The third-order valence-corrected chi connectivity index (χ3v) is 3.77. The Kier molecular flexibility index (Phi) is 5.57. The van der Waals surface area contributed by atoms with E-state index in [1.807, 2.05) is 0 Å². The molecule has 0 aromatic heterocycles. The topological polar surface area (TPSA) is 0 Å². The van der Waals surface area contributed by atoms with E-state index in [0.717, 1.165) is 5.92 Å². The van der Waals surface area contributed by atoms with Gasteiger partial charge < -0.3 is 0 Å². The second-order valence-corrected chi connectivity index (χ2v) is 7.98. The van der Waals surface area contributed by atoms with E-state index < -0.39 is 0 Å². The minimum Gasteiger partial charge on any atom is -0.161 e. The minimum absolute atomic E-state index is 0.478. The Hall–Kier alpha value is 0.350. The van der Waals surface area contributed by atoms with Crippen LogP contribution in [-0.2, 0) is 0 Å². The summed E-state index contributed by atoms with van der Waals surface area (Å²) in [6.45, 7) is 16.3. The summed E-state index contributed by atoms with van der Waals surface area (Å²) in [5, 5.41) is 0. The van der Waals surface area contributed by atoms with E-state index in [0.29, 0.717) is 10.8 Å². The average Bonchev–Trinajstić information content (AvgIpc) is 1.78. The lowest BCUT2D eigenvalue weighted by atomic mass is 9.86. The molecule has 0 heterocycles. The van der Waals surface area contributed by atoms with E-state index in [9.17, 15) is 0 Å². The van der Waals surface area contributed by atoms with E-state index in [-0.39, 0.29) is 0 Å². The zero-order valence-electron chi connectivity index (χ0n) is 11.1. The predicted octanol–water partition coefficient (Wildman–Crippen LogP) is 4.84. The van der Waals surface area contributed by atoms with Crippen LogP contribution in [0.15, 0.2) is 0 Å². The zero-order valence-corrected chi connectivity index (χ0v) is 11.9. The van der Waals surface area contributed by atoms with E-state index in [4.69, 9.17) is 0 Å².